The van der Waals surface area contributed by atoms with Gasteiger partial charge in [0.15, 0.2) is 0 Å². The van der Waals surface area contributed by atoms with Crippen molar-refractivity contribution < 1.29 is 39.4 Å². The van der Waals surface area contributed by atoms with Crippen LogP contribution in [0.1, 0.15) is 15.9 Å². The fourth-order valence-electron chi connectivity index (χ4n) is 2.83. The van der Waals surface area contributed by atoms with Crippen molar-refractivity contribution >= 4 is 19.0 Å². The highest BCUT2D eigenvalue weighted by molar-refractivity contribution is 6.41. The number of carboxylic acid groups (broad SMARTS) is 1. The summed E-state index contributed by atoms with van der Waals surface area (Å²) in [4.78, 5) is 30.1. The Hall–Kier alpha value is -2.38. The third-order valence-corrected chi connectivity index (χ3v) is 4.33. The molecule has 0 aliphatic carbocycles. The van der Waals surface area contributed by atoms with Crippen molar-refractivity contribution in [3.63, 3.8) is 0 Å². The van der Waals surface area contributed by atoms with Crippen LogP contribution in [0.3, 0.4) is 0 Å². The van der Waals surface area contributed by atoms with Gasteiger partial charge < -0.3 is 30.3 Å². The minimum atomic E-state index is -1.55. The number of hydroxylamine groups is 1. The summed E-state index contributed by atoms with van der Waals surface area (Å²) in [7, 11) is 0.221. The number of likely N-dealkylation sites (tertiary alicyclic amines) is 1. The summed E-state index contributed by atoms with van der Waals surface area (Å²) in [6, 6.07) is 2.93. The number of hydrogen-bond acceptors (Lipinski definition) is 9. The number of carbonyl (C=O) groups is 2. The summed E-state index contributed by atoms with van der Waals surface area (Å²) in [5, 5.41) is 40.4. The van der Waals surface area contributed by atoms with Crippen molar-refractivity contribution in [3.8, 4) is 11.5 Å². The first-order valence-corrected chi connectivity index (χ1v) is 9.20. The lowest BCUT2D eigenvalue weighted by atomic mass is 9.82. The van der Waals surface area contributed by atoms with E-state index in [0.717, 1.165) is 0 Å². The molecule has 0 spiro atoms. The molecule has 0 unspecified atom stereocenters. The second-order valence-corrected chi connectivity index (χ2v) is 6.68. The summed E-state index contributed by atoms with van der Waals surface area (Å²) in [5.41, 5.74) is 2.24. The van der Waals surface area contributed by atoms with Gasteiger partial charge in [-0.05, 0) is 31.4 Å². The Morgan fingerprint density at radius 2 is 2.03 bits per heavy atom. The molecule has 29 heavy (non-hydrogen) atoms. The van der Waals surface area contributed by atoms with Crippen LogP contribution in [-0.4, -0.2) is 90.1 Å². The number of ether oxygens (including phenoxy) is 1. The normalized spacial score (nSPS) is 14.3. The summed E-state index contributed by atoms with van der Waals surface area (Å²) in [6.07, 6.45) is -0.256. The molecule has 11 nitrogen and oxygen atoms in total. The maximum atomic E-state index is 11.7. The van der Waals surface area contributed by atoms with E-state index in [1.54, 1.807) is 11.9 Å². The molecular weight excluding hydrogens is 385 g/mol. The molecule has 1 aromatic carbocycles. The lowest BCUT2D eigenvalue weighted by molar-refractivity contribution is -0.136. The van der Waals surface area contributed by atoms with Crippen molar-refractivity contribution in [1.82, 2.24) is 15.7 Å². The highest BCUT2D eigenvalue weighted by Crippen LogP contribution is 2.33. The van der Waals surface area contributed by atoms with E-state index < -0.39 is 18.8 Å². The van der Waals surface area contributed by atoms with Crippen LogP contribution in [0.15, 0.2) is 12.1 Å². The lowest BCUT2D eigenvalue weighted by Gasteiger charge is -2.38. The van der Waals surface area contributed by atoms with E-state index >= 15 is 0 Å². The molecule has 0 radical (unpaired) electrons. The van der Waals surface area contributed by atoms with Gasteiger partial charge in [-0.25, -0.2) is 10.3 Å². The van der Waals surface area contributed by atoms with Crippen molar-refractivity contribution in [3.05, 3.63) is 23.3 Å². The smallest absolute Gasteiger partial charge is 0.451 e. The standard InChI is InChI=1S/C17H26BN3O8/c1-19-6-7-28-20-14(22)10-21-8-12(9-21)29-13-3-2-11(4-5-18(26)27)16(23)15(13)17(24)25/h2-3,12,19,23,26-27H,4-10H2,1H3,(H,20,22)(H,24,25). The summed E-state index contributed by atoms with van der Waals surface area (Å²) in [6.45, 7) is 1.92. The number of rotatable bonds is 12. The van der Waals surface area contributed by atoms with Crippen molar-refractivity contribution in [1.29, 1.82) is 0 Å². The van der Waals surface area contributed by atoms with Gasteiger partial charge in [0.2, 0.25) is 0 Å². The molecule has 0 saturated carbocycles. The largest absolute Gasteiger partial charge is 0.507 e. The maximum absolute atomic E-state index is 11.7. The van der Waals surface area contributed by atoms with E-state index in [9.17, 15) is 19.8 Å². The summed E-state index contributed by atoms with van der Waals surface area (Å²) in [5.74, 6) is -2.07. The van der Waals surface area contributed by atoms with Gasteiger partial charge in [-0.1, -0.05) is 6.07 Å². The molecule has 0 bridgehead atoms. The van der Waals surface area contributed by atoms with Crippen LogP contribution in [0.2, 0.25) is 6.32 Å². The maximum Gasteiger partial charge on any atom is 0.451 e. The molecular formula is C17H26BN3O8. The van der Waals surface area contributed by atoms with Gasteiger partial charge in [0.05, 0.1) is 13.2 Å². The topological polar surface area (TPSA) is 161 Å². The second-order valence-electron chi connectivity index (χ2n) is 6.68. The van der Waals surface area contributed by atoms with Crippen molar-refractivity contribution in [2.45, 2.75) is 18.8 Å². The quantitative estimate of drug-likeness (QED) is 0.135. The van der Waals surface area contributed by atoms with Crippen LogP contribution < -0.4 is 15.5 Å². The molecule has 2 rings (SSSR count). The highest BCUT2D eigenvalue weighted by atomic mass is 16.7. The van der Waals surface area contributed by atoms with Crippen LogP contribution in [-0.2, 0) is 16.1 Å². The SMILES string of the molecule is CNCCONC(=O)CN1CC(Oc2ccc(CCB(O)O)c(O)c2C(=O)O)C1. The molecule has 1 heterocycles. The van der Waals surface area contributed by atoms with Crippen LogP contribution in [0.25, 0.3) is 0 Å². The van der Waals surface area contributed by atoms with Gasteiger partial charge in [0.1, 0.15) is 23.2 Å². The van der Waals surface area contributed by atoms with E-state index in [2.05, 4.69) is 10.8 Å². The van der Waals surface area contributed by atoms with Gasteiger partial charge >= 0.3 is 13.1 Å². The van der Waals surface area contributed by atoms with Crippen LogP contribution in [0, 0.1) is 0 Å². The zero-order valence-corrected chi connectivity index (χ0v) is 16.1. The fourth-order valence-corrected chi connectivity index (χ4v) is 2.83. The first-order valence-electron chi connectivity index (χ1n) is 9.20. The Bertz CT molecular complexity index is 712. The number of aromatic hydroxyl groups is 1. The molecule has 0 atom stereocenters. The summed E-state index contributed by atoms with van der Waals surface area (Å²) >= 11 is 0. The van der Waals surface area contributed by atoms with Gasteiger partial charge in [-0.2, -0.15) is 0 Å². The number of carbonyl (C=O) groups excluding carboxylic acids is 1. The zero-order valence-electron chi connectivity index (χ0n) is 16.1. The highest BCUT2D eigenvalue weighted by Gasteiger charge is 2.32. The van der Waals surface area contributed by atoms with Crippen molar-refractivity contribution in [2.24, 2.45) is 0 Å². The molecule has 6 N–H and O–H groups in total. The molecule has 160 valence electrons. The number of nitrogens with one attached hydrogen (secondary N) is 2. The average Bonchev–Trinajstić information content (AvgIpc) is 2.62. The number of amides is 1. The Morgan fingerprint density at radius 1 is 1.31 bits per heavy atom. The molecule has 1 aliphatic heterocycles. The summed E-state index contributed by atoms with van der Waals surface area (Å²) < 4.78 is 5.68. The first kappa shape index (κ1) is 22.9. The third-order valence-electron chi connectivity index (χ3n) is 4.33. The van der Waals surface area contributed by atoms with Crippen LogP contribution >= 0.6 is 0 Å². The minimum absolute atomic E-state index is 0.0211. The molecule has 1 aliphatic rings. The molecule has 1 fully saturated rings. The van der Waals surface area contributed by atoms with Gasteiger partial charge in [0.25, 0.3) is 5.91 Å². The molecule has 0 aromatic heterocycles. The number of nitrogens with zero attached hydrogens (tertiary/aromatic N) is 1. The Labute approximate surface area is 168 Å². The predicted octanol–water partition coefficient (Wildman–Crippen LogP) is -1.56. The number of carboxylic acids is 1. The number of aryl methyl sites for hydroxylation is 1. The first-order chi connectivity index (χ1) is 13.8. The number of aromatic carboxylic acids is 1. The van der Waals surface area contributed by atoms with E-state index in [4.69, 9.17) is 19.6 Å². The van der Waals surface area contributed by atoms with E-state index in [-0.39, 0.29) is 48.2 Å². The molecule has 1 saturated heterocycles. The number of phenols is 1. The van der Waals surface area contributed by atoms with Crippen molar-refractivity contribution in [2.75, 3.05) is 39.8 Å². The predicted molar refractivity (Wildman–Crippen MR) is 103 cm³/mol. The fraction of sp³-hybridized carbons (Fsp3) is 0.529. The number of benzene rings is 1. The molecule has 1 aromatic rings. The minimum Gasteiger partial charge on any atom is -0.507 e. The van der Waals surface area contributed by atoms with Crippen LogP contribution in [0.4, 0.5) is 0 Å². The zero-order chi connectivity index (χ0) is 21.4. The van der Waals surface area contributed by atoms with E-state index in [0.29, 0.717) is 26.2 Å². The second kappa shape index (κ2) is 11.0. The monoisotopic (exact) mass is 411 g/mol. The molecule has 1 amide bonds. The third kappa shape index (κ3) is 6.87. The van der Waals surface area contributed by atoms with E-state index in [1.165, 1.54) is 12.1 Å². The Morgan fingerprint density at radius 3 is 2.66 bits per heavy atom. The van der Waals surface area contributed by atoms with Gasteiger partial charge in [0, 0.05) is 19.6 Å². The Kier molecular flexibility index (Phi) is 8.67. The molecule has 12 heteroatoms. The average molecular weight is 411 g/mol. The number of hydrogen-bond donors (Lipinski definition) is 6. The van der Waals surface area contributed by atoms with Gasteiger partial charge in [-0.3, -0.25) is 14.5 Å². The Balaban J connectivity index is 1.87. The van der Waals surface area contributed by atoms with Gasteiger partial charge in [-0.15, -0.1) is 0 Å². The number of likely N-dealkylation sites (N-methyl/N-ethyl adjacent to an activating group) is 1. The van der Waals surface area contributed by atoms with Crippen LogP contribution in [0.5, 0.6) is 11.5 Å². The van der Waals surface area contributed by atoms with E-state index in [1.807, 2.05) is 0 Å². The lowest BCUT2D eigenvalue weighted by Crippen LogP contribution is -2.56.